The van der Waals surface area contributed by atoms with Crippen LogP contribution in [0.1, 0.15) is 71.1 Å². The van der Waals surface area contributed by atoms with Gasteiger partial charge in [0.15, 0.2) is 0 Å². The Kier molecular flexibility index (Phi) is 8.78. The normalized spacial score (nSPS) is 25.2. The lowest BCUT2D eigenvalue weighted by Gasteiger charge is -2.16. The minimum absolute atomic E-state index is 0.0237. The molecule has 0 saturated carbocycles. The first-order valence-electron chi connectivity index (χ1n) is 9.66. The van der Waals surface area contributed by atoms with Crippen LogP contribution in [0.2, 0.25) is 0 Å². The summed E-state index contributed by atoms with van der Waals surface area (Å²) >= 11 is 1.94. The molecule has 3 atom stereocenters. The number of fused-ring (bicyclic) bond motifs is 1. The zero-order valence-corrected chi connectivity index (χ0v) is 15.8. The smallest absolute Gasteiger partial charge is 0.315 e. The number of amides is 3. The predicted octanol–water partition coefficient (Wildman–Crippen LogP) is 3.19. The van der Waals surface area contributed by atoms with Crippen LogP contribution in [0, 0.1) is 0 Å². The summed E-state index contributed by atoms with van der Waals surface area (Å²) in [4.78, 5) is 23.2. The quantitative estimate of drug-likeness (QED) is 0.372. The first-order chi connectivity index (χ1) is 11.7. The predicted molar refractivity (Wildman–Crippen MR) is 100 cm³/mol. The van der Waals surface area contributed by atoms with Crippen molar-refractivity contribution in [2.45, 2.75) is 88.5 Å². The van der Waals surface area contributed by atoms with Crippen LogP contribution in [-0.2, 0) is 4.79 Å². The number of nitrogens with one attached hydrogen (secondary N) is 3. The highest BCUT2D eigenvalue weighted by Crippen LogP contribution is 2.33. The molecule has 0 bridgehead atoms. The monoisotopic (exact) mass is 355 g/mol. The summed E-state index contributed by atoms with van der Waals surface area (Å²) in [5.74, 6) is 1.20. The van der Waals surface area contributed by atoms with E-state index in [0.29, 0.717) is 17.7 Å². The molecule has 2 saturated heterocycles. The fourth-order valence-corrected chi connectivity index (χ4v) is 5.04. The first kappa shape index (κ1) is 19.4. The largest absolute Gasteiger partial charge is 0.356 e. The van der Waals surface area contributed by atoms with Gasteiger partial charge in [-0.15, -0.1) is 0 Å². The fourth-order valence-electron chi connectivity index (χ4n) is 3.50. The van der Waals surface area contributed by atoms with Crippen molar-refractivity contribution < 1.29 is 9.59 Å². The standard InChI is InChI=1S/C18H33N3O2S/c1-2-3-4-5-6-9-12-19-16(22)11-8-7-10-15-17-14(13-24-15)20-18(23)21-17/h14-15,17H,2-13H2,1H3,(H,19,22)(H2,20,21,23)/t14-,15-,17-/m0/s1. The number of hydrogen-bond donors (Lipinski definition) is 3. The Bertz CT molecular complexity index is 406. The lowest BCUT2D eigenvalue weighted by atomic mass is 10.0. The molecule has 0 spiro atoms. The van der Waals surface area contributed by atoms with Gasteiger partial charge in [-0.25, -0.2) is 4.79 Å². The molecule has 0 unspecified atom stereocenters. The second-order valence-corrected chi connectivity index (χ2v) is 8.26. The molecule has 2 aliphatic rings. The van der Waals surface area contributed by atoms with Crippen LogP contribution in [0.3, 0.4) is 0 Å². The summed E-state index contributed by atoms with van der Waals surface area (Å²) in [6.45, 7) is 3.05. The van der Waals surface area contributed by atoms with E-state index in [0.717, 1.165) is 38.0 Å². The van der Waals surface area contributed by atoms with Crippen molar-refractivity contribution >= 4 is 23.7 Å². The van der Waals surface area contributed by atoms with Crippen molar-refractivity contribution in [3.63, 3.8) is 0 Å². The Morgan fingerprint density at radius 2 is 1.92 bits per heavy atom. The number of hydrogen-bond acceptors (Lipinski definition) is 3. The number of rotatable bonds is 12. The molecule has 0 aromatic heterocycles. The van der Waals surface area contributed by atoms with Crippen molar-refractivity contribution in [2.75, 3.05) is 12.3 Å². The van der Waals surface area contributed by atoms with E-state index in [1.54, 1.807) is 0 Å². The summed E-state index contributed by atoms with van der Waals surface area (Å²) in [7, 11) is 0. The molecule has 6 heteroatoms. The third-order valence-corrected chi connectivity index (χ3v) is 6.44. The Morgan fingerprint density at radius 1 is 1.12 bits per heavy atom. The van der Waals surface area contributed by atoms with Crippen LogP contribution in [0.25, 0.3) is 0 Å². The molecule has 138 valence electrons. The van der Waals surface area contributed by atoms with Gasteiger partial charge in [0.05, 0.1) is 12.1 Å². The summed E-state index contributed by atoms with van der Waals surface area (Å²) < 4.78 is 0. The summed E-state index contributed by atoms with van der Waals surface area (Å²) in [6, 6.07) is 0.557. The van der Waals surface area contributed by atoms with Crippen LogP contribution < -0.4 is 16.0 Å². The van der Waals surface area contributed by atoms with E-state index in [9.17, 15) is 9.59 Å². The first-order valence-corrected chi connectivity index (χ1v) is 10.7. The number of thioether (sulfide) groups is 1. The van der Waals surface area contributed by atoms with Crippen LogP contribution >= 0.6 is 11.8 Å². The summed E-state index contributed by atoms with van der Waals surface area (Å²) in [5.41, 5.74) is 0. The molecule has 0 aromatic rings. The summed E-state index contributed by atoms with van der Waals surface area (Å²) in [5, 5.41) is 9.52. The average molecular weight is 356 g/mol. The van der Waals surface area contributed by atoms with Crippen molar-refractivity contribution in [1.29, 1.82) is 0 Å². The maximum atomic E-state index is 11.8. The fraction of sp³-hybridized carbons (Fsp3) is 0.889. The molecule has 5 nitrogen and oxygen atoms in total. The third-order valence-electron chi connectivity index (χ3n) is 4.93. The van der Waals surface area contributed by atoms with Crippen molar-refractivity contribution in [1.82, 2.24) is 16.0 Å². The molecule has 0 aromatic carbocycles. The maximum absolute atomic E-state index is 11.8. The van der Waals surface area contributed by atoms with Gasteiger partial charge < -0.3 is 16.0 Å². The van der Waals surface area contributed by atoms with Gasteiger partial charge >= 0.3 is 6.03 Å². The van der Waals surface area contributed by atoms with E-state index in [-0.39, 0.29) is 18.0 Å². The molecule has 2 aliphatic heterocycles. The van der Waals surface area contributed by atoms with Crippen molar-refractivity contribution in [3.05, 3.63) is 0 Å². The number of urea groups is 1. The highest BCUT2D eigenvalue weighted by atomic mass is 32.2. The van der Waals surface area contributed by atoms with Gasteiger partial charge in [-0.05, 0) is 19.3 Å². The Hall–Kier alpha value is -0.910. The molecule has 3 amide bonds. The van der Waals surface area contributed by atoms with Crippen molar-refractivity contribution in [3.8, 4) is 0 Å². The lowest BCUT2D eigenvalue weighted by Crippen LogP contribution is -2.36. The van der Waals surface area contributed by atoms with Gasteiger partial charge in [-0.2, -0.15) is 11.8 Å². The van der Waals surface area contributed by atoms with Gasteiger partial charge in [0.1, 0.15) is 0 Å². The van der Waals surface area contributed by atoms with Crippen LogP contribution in [0.4, 0.5) is 4.79 Å². The topological polar surface area (TPSA) is 70.2 Å². The SMILES string of the molecule is CCCCCCCCNC(=O)CCCC[C@@H]1SC[C@@H]2NC(=O)N[C@@H]21. The molecular formula is C18H33N3O2S. The molecule has 2 heterocycles. The Balaban J connectivity index is 1.43. The van der Waals surface area contributed by atoms with Crippen LogP contribution in [0.5, 0.6) is 0 Å². The van der Waals surface area contributed by atoms with Crippen molar-refractivity contribution in [2.24, 2.45) is 0 Å². The third kappa shape index (κ3) is 6.54. The highest BCUT2D eigenvalue weighted by molar-refractivity contribution is 8.00. The maximum Gasteiger partial charge on any atom is 0.315 e. The number of unbranched alkanes of at least 4 members (excludes halogenated alkanes) is 6. The molecule has 0 aliphatic carbocycles. The minimum Gasteiger partial charge on any atom is -0.356 e. The van der Waals surface area contributed by atoms with Gasteiger partial charge in [0.2, 0.25) is 5.91 Å². The molecule has 2 rings (SSSR count). The van der Waals surface area contributed by atoms with Gasteiger partial charge in [-0.3, -0.25) is 4.79 Å². The number of carbonyl (C=O) groups is 2. The van der Waals surface area contributed by atoms with E-state index in [1.807, 2.05) is 11.8 Å². The van der Waals surface area contributed by atoms with E-state index in [4.69, 9.17) is 0 Å². The second kappa shape index (κ2) is 10.9. The van der Waals surface area contributed by atoms with E-state index in [1.165, 1.54) is 32.1 Å². The lowest BCUT2D eigenvalue weighted by molar-refractivity contribution is -0.121. The molecule has 3 N–H and O–H groups in total. The molecule has 0 radical (unpaired) electrons. The van der Waals surface area contributed by atoms with E-state index in [2.05, 4.69) is 22.9 Å². The Labute approximate surface area is 150 Å². The van der Waals surface area contributed by atoms with Crippen LogP contribution in [0.15, 0.2) is 0 Å². The Morgan fingerprint density at radius 3 is 2.75 bits per heavy atom. The van der Waals surface area contributed by atoms with E-state index < -0.39 is 0 Å². The second-order valence-electron chi connectivity index (χ2n) is 6.99. The molecule has 2 fully saturated rings. The molecular weight excluding hydrogens is 322 g/mol. The zero-order chi connectivity index (χ0) is 17.2. The average Bonchev–Trinajstić information content (AvgIpc) is 3.10. The minimum atomic E-state index is -0.0237. The van der Waals surface area contributed by atoms with Gasteiger partial charge in [0, 0.05) is 24.0 Å². The molecule has 24 heavy (non-hydrogen) atoms. The van der Waals surface area contributed by atoms with Gasteiger partial charge in [0.25, 0.3) is 0 Å². The van der Waals surface area contributed by atoms with Crippen LogP contribution in [-0.4, -0.2) is 41.6 Å². The zero-order valence-electron chi connectivity index (χ0n) is 14.9. The number of carbonyl (C=O) groups excluding carboxylic acids is 2. The summed E-state index contributed by atoms with van der Waals surface area (Å²) in [6.07, 6.45) is 11.3. The van der Waals surface area contributed by atoms with E-state index >= 15 is 0 Å². The van der Waals surface area contributed by atoms with Gasteiger partial charge in [-0.1, -0.05) is 45.4 Å². The highest BCUT2D eigenvalue weighted by Gasteiger charge is 2.42.